The average molecular weight is 748 g/mol. The van der Waals surface area contributed by atoms with Gasteiger partial charge in [0.25, 0.3) is 0 Å². The summed E-state index contributed by atoms with van der Waals surface area (Å²) in [6.45, 7) is 0. The van der Waals surface area contributed by atoms with Crippen LogP contribution in [-0.2, 0) is 0 Å². The maximum absolute atomic E-state index is 5.13. The van der Waals surface area contributed by atoms with Crippen molar-refractivity contribution in [1.82, 2.24) is 15.0 Å². The predicted octanol–water partition coefficient (Wildman–Crippen LogP) is 14.7. The van der Waals surface area contributed by atoms with Gasteiger partial charge in [0.05, 0.1) is 0 Å². The van der Waals surface area contributed by atoms with Crippen LogP contribution in [0.1, 0.15) is 0 Å². The number of benzene rings is 9. The first-order valence-electron chi connectivity index (χ1n) is 18.8. The Balaban J connectivity index is 0.973. The molecule has 9 aromatic carbocycles. The molecule has 0 aliphatic rings. The number of fused-ring (bicyclic) bond motifs is 12. The number of thiophene rings is 2. The molecule has 0 radical (unpaired) electrons. The van der Waals surface area contributed by atoms with Crippen LogP contribution < -0.4 is 0 Å². The molecule has 0 spiro atoms. The molecule has 0 unspecified atom stereocenters. The Bertz CT molecular complexity index is 3510. The van der Waals surface area contributed by atoms with E-state index in [1.807, 2.05) is 29.5 Å². The topological polar surface area (TPSA) is 38.7 Å². The Labute approximate surface area is 329 Å². The van der Waals surface area contributed by atoms with Crippen molar-refractivity contribution in [2.45, 2.75) is 0 Å². The molecule has 0 N–H and O–H groups in total. The Morgan fingerprint density at radius 1 is 0.232 bits per heavy atom. The lowest BCUT2D eigenvalue weighted by atomic mass is 9.92. The van der Waals surface area contributed by atoms with Crippen LogP contribution >= 0.6 is 22.7 Å². The van der Waals surface area contributed by atoms with Crippen molar-refractivity contribution in [3.8, 4) is 45.3 Å². The lowest BCUT2D eigenvalue weighted by Gasteiger charge is -2.12. The zero-order valence-corrected chi connectivity index (χ0v) is 31.5. The summed E-state index contributed by atoms with van der Waals surface area (Å²) in [5.74, 6) is 2.01. The van der Waals surface area contributed by atoms with Crippen molar-refractivity contribution < 1.29 is 0 Å². The van der Waals surface area contributed by atoms with Gasteiger partial charge in [-0.2, -0.15) is 0 Å². The highest BCUT2D eigenvalue weighted by atomic mass is 32.1. The highest BCUT2D eigenvalue weighted by molar-refractivity contribution is 7.26. The van der Waals surface area contributed by atoms with Gasteiger partial charge in [-0.25, -0.2) is 15.0 Å². The first-order chi connectivity index (χ1) is 27.7. The maximum atomic E-state index is 5.13. The lowest BCUT2D eigenvalue weighted by Crippen LogP contribution is -2.00. The summed E-state index contributed by atoms with van der Waals surface area (Å²) in [6, 6.07) is 63.4. The fourth-order valence-corrected chi connectivity index (χ4v) is 10.7. The van der Waals surface area contributed by atoms with Gasteiger partial charge < -0.3 is 0 Å². The van der Waals surface area contributed by atoms with Crippen LogP contribution in [0.4, 0.5) is 0 Å². The minimum absolute atomic E-state index is 0.666. The first-order valence-corrected chi connectivity index (χ1v) is 20.4. The Morgan fingerprint density at radius 2 is 0.625 bits per heavy atom. The zero-order chi connectivity index (χ0) is 36.7. The van der Waals surface area contributed by atoms with Crippen LogP contribution in [0.25, 0.3) is 118 Å². The van der Waals surface area contributed by atoms with Crippen LogP contribution in [0, 0.1) is 0 Å². The third-order valence-electron chi connectivity index (χ3n) is 11.1. The molecule has 12 rings (SSSR count). The summed E-state index contributed by atoms with van der Waals surface area (Å²) in [5, 5.41) is 12.8. The Kier molecular flexibility index (Phi) is 6.97. The van der Waals surface area contributed by atoms with Crippen molar-refractivity contribution in [1.29, 1.82) is 0 Å². The van der Waals surface area contributed by atoms with Crippen LogP contribution in [0.15, 0.2) is 176 Å². The smallest absolute Gasteiger partial charge is 0.164 e. The third-order valence-corrected chi connectivity index (χ3v) is 13.4. The van der Waals surface area contributed by atoms with Gasteiger partial charge in [-0.3, -0.25) is 0 Å². The van der Waals surface area contributed by atoms with Crippen molar-refractivity contribution >= 4 is 95.3 Å². The van der Waals surface area contributed by atoms with Gasteiger partial charge in [-0.05, 0) is 79.8 Å². The molecule has 0 aliphatic heterocycles. The number of aromatic nitrogens is 3. The van der Waals surface area contributed by atoms with E-state index in [1.165, 1.54) is 83.8 Å². The van der Waals surface area contributed by atoms with E-state index in [-0.39, 0.29) is 0 Å². The maximum Gasteiger partial charge on any atom is 0.164 e. The summed E-state index contributed by atoms with van der Waals surface area (Å²) in [7, 11) is 0. The molecule has 0 saturated carbocycles. The number of hydrogen-bond acceptors (Lipinski definition) is 5. The fraction of sp³-hybridized carbons (Fsp3) is 0. The molecule has 3 aromatic heterocycles. The van der Waals surface area contributed by atoms with E-state index in [2.05, 4.69) is 158 Å². The molecule has 12 aromatic rings. The molecule has 3 nitrogen and oxygen atoms in total. The Hall–Kier alpha value is -6.79. The van der Waals surface area contributed by atoms with Crippen molar-refractivity contribution in [3.05, 3.63) is 176 Å². The average Bonchev–Trinajstić information content (AvgIpc) is 3.83. The first kappa shape index (κ1) is 31.5. The molecular weight excluding hydrogens is 719 g/mol. The summed E-state index contributed by atoms with van der Waals surface area (Å²) < 4.78 is 4.98. The molecular formula is C51H29N3S2. The normalized spacial score (nSPS) is 11.9. The van der Waals surface area contributed by atoms with Crippen LogP contribution in [-0.4, -0.2) is 15.0 Å². The minimum atomic E-state index is 0.666. The number of rotatable bonds is 4. The van der Waals surface area contributed by atoms with E-state index in [9.17, 15) is 0 Å². The van der Waals surface area contributed by atoms with Gasteiger partial charge in [0.1, 0.15) is 0 Å². The molecule has 260 valence electrons. The van der Waals surface area contributed by atoms with E-state index < -0.39 is 0 Å². The molecule has 0 aliphatic carbocycles. The quantitative estimate of drug-likeness (QED) is 0.168. The van der Waals surface area contributed by atoms with Crippen LogP contribution in [0.2, 0.25) is 0 Å². The van der Waals surface area contributed by atoms with Gasteiger partial charge >= 0.3 is 0 Å². The molecule has 0 saturated heterocycles. The van der Waals surface area contributed by atoms with Gasteiger partial charge in [0.2, 0.25) is 0 Å². The largest absolute Gasteiger partial charge is 0.208 e. The van der Waals surface area contributed by atoms with E-state index in [0.29, 0.717) is 17.5 Å². The van der Waals surface area contributed by atoms with E-state index in [0.717, 1.165) is 16.7 Å². The molecule has 0 amide bonds. The second-order valence-electron chi connectivity index (χ2n) is 14.4. The van der Waals surface area contributed by atoms with E-state index >= 15 is 0 Å². The summed E-state index contributed by atoms with van der Waals surface area (Å²) in [4.78, 5) is 15.2. The summed E-state index contributed by atoms with van der Waals surface area (Å²) >= 11 is 3.62. The summed E-state index contributed by atoms with van der Waals surface area (Å²) in [5.41, 5.74) is 5.35. The highest BCUT2D eigenvalue weighted by Crippen LogP contribution is 2.41. The van der Waals surface area contributed by atoms with Gasteiger partial charge in [0.15, 0.2) is 17.5 Å². The predicted molar refractivity (Wildman–Crippen MR) is 240 cm³/mol. The van der Waals surface area contributed by atoms with Crippen molar-refractivity contribution in [2.75, 3.05) is 0 Å². The SMILES string of the molecule is c1ccc(-c2nc(-c3ccc4c(c3)sc3ccccc34)nc(-c3ccc4c(c3)sc3ccc(-c5ccc6c7ccccc7c7ccccc7c6c5)cc34)n2)cc1. The molecule has 5 heteroatoms. The molecule has 0 atom stereocenters. The molecule has 3 heterocycles. The standard InChI is InChI=1S/C51H29N3S2/c1-2-10-30(11-3-1)49-52-50(33-19-23-41-40-16-8-9-17-45(40)55-47(41)28-33)54-51(53-49)34-20-24-42-44-27-32(21-25-46(44)56-48(42)29-34)31-18-22-39-37-14-5-4-12-35(37)36-13-6-7-15-38(36)43(39)26-31/h1-29H. The second-order valence-corrected chi connectivity index (χ2v) is 16.5. The van der Waals surface area contributed by atoms with Crippen LogP contribution in [0.3, 0.4) is 0 Å². The fourth-order valence-electron chi connectivity index (χ4n) is 8.40. The third kappa shape index (κ3) is 4.98. The molecule has 0 fully saturated rings. The summed E-state index contributed by atoms with van der Waals surface area (Å²) in [6.07, 6.45) is 0. The zero-order valence-electron chi connectivity index (χ0n) is 29.9. The van der Waals surface area contributed by atoms with Crippen molar-refractivity contribution in [3.63, 3.8) is 0 Å². The monoisotopic (exact) mass is 747 g/mol. The van der Waals surface area contributed by atoms with Crippen LogP contribution in [0.5, 0.6) is 0 Å². The minimum Gasteiger partial charge on any atom is -0.208 e. The van der Waals surface area contributed by atoms with Gasteiger partial charge in [-0.1, -0.05) is 140 Å². The van der Waals surface area contributed by atoms with Gasteiger partial charge in [-0.15, -0.1) is 22.7 Å². The molecule has 56 heavy (non-hydrogen) atoms. The van der Waals surface area contributed by atoms with Crippen molar-refractivity contribution in [2.24, 2.45) is 0 Å². The second kappa shape index (κ2) is 12.4. The van der Waals surface area contributed by atoms with Gasteiger partial charge in [0, 0.05) is 57.0 Å². The highest BCUT2D eigenvalue weighted by Gasteiger charge is 2.16. The van der Waals surface area contributed by atoms with E-state index in [1.54, 1.807) is 11.3 Å². The number of hydrogen-bond donors (Lipinski definition) is 0. The lowest BCUT2D eigenvalue weighted by molar-refractivity contribution is 1.08. The van der Waals surface area contributed by atoms with E-state index in [4.69, 9.17) is 15.0 Å². The number of nitrogens with zero attached hydrogens (tertiary/aromatic N) is 3. The Morgan fingerprint density at radius 3 is 1.25 bits per heavy atom. The molecule has 0 bridgehead atoms.